The maximum atomic E-state index is 12.7. The third kappa shape index (κ3) is 25.9. The van der Waals surface area contributed by atoms with Crippen LogP contribution in [0.1, 0.15) is 174 Å². The van der Waals surface area contributed by atoms with Crippen molar-refractivity contribution in [3.63, 3.8) is 0 Å². The second-order valence-corrected chi connectivity index (χ2v) is 15.7. The van der Waals surface area contributed by atoms with Crippen molar-refractivity contribution in [2.45, 2.75) is 193 Å². The number of allylic oxidation sites excluding steroid dienone is 8. The first kappa shape index (κ1) is 47.4. The molecular weight excluding hydrogens is 659 g/mol. The maximum absolute atomic E-state index is 12.7. The number of hydrogen-bond donors (Lipinski definition) is 0. The van der Waals surface area contributed by atoms with Gasteiger partial charge in [-0.3, -0.25) is 4.79 Å². The van der Waals surface area contributed by atoms with Gasteiger partial charge in [0.1, 0.15) is 24.9 Å². The van der Waals surface area contributed by atoms with Crippen LogP contribution in [-0.2, 0) is 23.7 Å². The van der Waals surface area contributed by atoms with Crippen molar-refractivity contribution >= 4 is 5.97 Å². The summed E-state index contributed by atoms with van der Waals surface area (Å²) >= 11 is 0. The van der Waals surface area contributed by atoms with E-state index in [0.29, 0.717) is 13.2 Å². The molecule has 4 atom stereocenters. The van der Waals surface area contributed by atoms with Gasteiger partial charge in [0.25, 0.3) is 0 Å². The summed E-state index contributed by atoms with van der Waals surface area (Å²) < 4.78 is 24.7. The van der Waals surface area contributed by atoms with E-state index in [2.05, 4.69) is 74.4 Å². The largest absolute Gasteiger partial charge is 0.463 e. The van der Waals surface area contributed by atoms with E-state index in [9.17, 15) is 4.79 Å². The van der Waals surface area contributed by atoms with Crippen molar-refractivity contribution in [1.82, 2.24) is 4.90 Å². The monoisotopic (exact) mass is 742 g/mol. The maximum Gasteiger partial charge on any atom is 0.310 e. The third-order valence-corrected chi connectivity index (χ3v) is 10.7. The Morgan fingerprint density at radius 1 is 0.623 bits per heavy atom. The van der Waals surface area contributed by atoms with Gasteiger partial charge in [-0.05, 0) is 97.1 Å². The van der Waals surface area contributed by atoms with Crippen LogP contribution in [0, 0.1) is 5.92 Å². The predicted molar refractivity (Wildman–Crippen MR) is 224 cm³/mol. The predicted octanol–water partition coefficient (Wildman–Crippen LogP) is 12.3. The van der Waals surface area contributed by atoms with Crippen LogP contribution in [0.5, 0.6) is 0 Å². The Morgan fingerprint density at radius 3 is 1.58 bits per heavy atom. The molecule has 0 spiro atoms. The van der Waals surface area contributed by atoms with Crippen LogP contribution < -0.4 is 0 Å². The SMILES string of the molecule is CCCCC/C=C\C/C=C\CCCCCCCCOC1CO[C@H](COC(=O)C2CCN(C)C2)[C@@H]1OCCCCCCCC/C=C\C/C=C\CCCCC. The number of likely N-dealkylation sites (tertiary alicyclic amines) is 1. The molecule has 0 aromatic carbocycles. The number of hydrogen-bond acceptors (Lipinski definition) is 6. The molecule has 0 N–H and O–H groups in total. The zero-order valence-corrected chi connectivity index (χ0v) is 34.8. The van der Waals surface area contributed by atoms with Gasteiger partial charge in [0.15, 0.2) is 0 Å². The number of rotatable bonds is 35. The fourth-order valence-electron chi connectivity index (χ4n) is 7.19. The standard InChI is InChI=1S/C47H83NO5/c1-4-6-8-10-12-14-16-18-20-22-24-26-28-30-32-34-38-50-44-41-52-45(42-53-47(49)43-36-37-48(3)40-43)46(44)51-39-35-33-31-29-27-25-23-21-19-17-15-13-11-9-7-5-2/h12-15,18-21,43-46H,4-11,16-17,22-42H2,1-3H3/b14-12-,15-13-,20-18-,21-19-/t43?,44?,45-,46-/m1/s1. The Morgan fingerprint density at radius 2 is 1.09 bits per heavy atom. The van der Waals surface area contributed by atoms with E-state index in [1.807, 2.05) is 0 Å². The van der Waals surface area contributed by atoms with E-state index in [1.165, 1.54) is 128 Å². The highest BCUT2D eigenvalue weighted by Crippen LogP contribution is 2.24. The van der Waals surface area contributed by atoms with E-state index in [4.69, 9.17) is 18.9 Å². The van der Waals surface area contributed by atoms with Crippen molar-refractivity contribution < 1.29 is 23.7 Å². The van der Waals surface area contributed by atoms with Crippen molar-refractivity contribution in [2.75, 3.05) is 46.6 Å². The molecule has 2 aliphatic heterocycles. The highest BCUT2D eigenvalue weighted by Gasteiger charge is 2.40. The molecule has 2 rings (SSSR count). The van der Waals surface area contributed by atoms with Gasteiger partial charge in [-0.15, -0.1) is 0 Å². The summed E-state index contributed by atoms with van der Waals surface area (Å²) in [5.41, 5.74) is 0. The molecule has 2 unspecified atom stereocenters. The number of carbonyl (C=O) groups is 1. The molecule has 0 aromatic rings. The van der Waals surface area contributed by atoms with Crippen molar-refractivity contribution in [2.24, 2.45) is 5.92 Å². The molecule has 2 fully saturated rings. The number of esters is 1. The highest BCUT2D eigenvalue weighted by atomic mass is 16.6. The first-order valence-corrected chi connectivity index (χ1v) is 22.5. The van der Waals surface area contributed by atoms with Gasteiger partial charge in [0, 0.05) is 19.8 Å². The summed E-state index contributed by atoms with van der Waals surface area (Å²) in [7, 11) is 2.06. The average Bonchev–Trinajstić information content (AvgIpc) is 3.78. The number of carbonyl (C=O) groups excluding carboxylic acids is 1. The fraction of sp³-hybridized carbons (Fsp3) is 0.809. The summed E-state index contributed by atoms with van der Waals surface area (Å²) in [6.07, 6.45) is 48.6. The lowest BCUT2D eigenvalue weighted by molar-refractivity contribution is -0.154. The summed E-state index contributed by atoms with van der Waals surface area (Å²) in [5.74, 6) is -0.137. The summed E-state index contributed by atoms with van der Waals surface area (Å²) in [6.45, 7) is 8.42. The molecule has 2 saturated heterocycles. The first-order valence-electron chi connectivity index (χ1n) is 22.5. The Kier molecular flexibility index (Phi) is 31.1. The molecule has 6 heteroatoms. The van der Waals surface area contributed by atoms with E-state index < -0.39 is 0 Å². The zero-order chi connectivity index (χ0) is 37.9. The molecule has 0 bridgehead atoms. The number of unbranched alkanes of at least 4 members (excludes halogenated alkanes) is 18. The van der Waals surface area contributed by atoms with Crippen LogP contribution in [0.2, 0.25) is 0 Å². The van der Waals surface area contributed by atoms with Gasteiger partial charge in [0.2, 0.25) is 0 Å². The Hall–Kier alpha value is -1.73. The molecule has 6 nitrogen and oxygen atoms in total. The fourth-order valence-corrected chi connectivity index (χ4v) is 7.19. The second kappa shape index (κ2) is 34.7. The lowest BCUT2D eigenvalue weighted by Gasteiger charge is -2.24. The molecule has 0 radical (unpaired) electrons. The number of nitrogens with zero attached hydrogens (tertiary/aromatic N) is 1. The molecule has 2 heterocycles. The van der Waals surface area contributed by atoms with Gasteiger partial charge < -0.3 is 23.8 Å². The molecule has 0 amide bonds. The quantitative estimate of drug-likeness (QED) is 0.0366. The minimum Gasteiger partial charge on any atom is -0.463 e. The minimum atomic E-state index is -0.261. The average molecular weight is 742 g/mol. The van der Waals surface area contributed by atoms with Gasteiger partial charge in [-0.1, -0.05) is 140 Å². The Bertz CT molecular complexity index is 961. The second-order valence-electron chi connectivity index (χ2n) is 15.7. The van der Waals surface area contributed by atoms with Gasteiger partial charge in [-0.25, -0.2) is 0 Å². The van der Waals surface area contributed by atoms with Crippen LogP contribution in [-0.4, -0.2) is 75.7 Å². The van der Waals surface area contributed by atoms with E-state index >= 15 is 0 Å². The van der Waals surface area contributed by atoms with E-state index in [0.717, 1.165) is 51.8 Å². The smallest absolute Gasteiger partial charge is 0.310 e. The summed E-state index contributed by atoms with van der Waals surface area (Å²) in [6, 6.07) is 0. The van der Waals surface area contributed by atoms with Crippen molar-refractivity contribution in [1.29, 1.82) is 0 Å². The number of ether oxygens (including phenoxy) is 4. The topological polar surface area (TPSA) is 57.2 Å². The molecule has 0 aromatic heterocycles. The van der Waals surface area contributed by atoms with E-state index in [-0.39, 0.29) is 36.8 Å². The van der Waals surface area contributed by atoms with Crippen LogP contribution in [0.3, 0.4) is 0 Å². The van der Waals surface area contributed by atoms with Gasteiger partial charge >= 0.3 is 5.97 Å². The first-order chi connectivity index (χ1) is 26.2. The Labute approximate surface area is 327 Å². The summed E-state index contributed by atoms with van der Waals surface area (Å²) in [5, 5.41) is 0. The third-order valence-electron chi connectivity index (χ3n) is 10.7. The van der Waals surface area contributed by atoms with E-state index in [1.54, 1.807) is 0 Å². The molecule has 0 aliphatic carbocycles. The molecule has 0 saturated carbocycles. The van der Waals surface area contributed by atoms with Gasteiger partial charge in [-0.2, -0.15) is 0 Å². The normalized spacial score (nSPS) is 21.1. The highest BCUT2D eigenvalue weighted by molar-refractivity contribution is 5.73. The minimum absolute atomic E-state index is 0.0325. The molecule has 306 valence electrons. The van der Waals surface area contributed by atoms with Crippen LogP contribution in [0.25, 0.3) is 0 Å². The zero-order valence-electron chi connectivity index (χ0n) is 34.8. The van der Waals surface area contributed by atoms with Crippen LogP contribution >= 0.6 is 0 Å². The van der Waals surface area contributed by atoms with Crippen LogP contribution in [0.4, 0.5) is 0 Å². The Balaban J connectivity index is 1.57. The van der Waals surface area contributed by atoms with Crippen LogP contribution in [0.15, 0.2) is 48.6 Å². The van der Waals surface area contributed by atoms with Crippen molar-refractivity contribution in [3.05, 3.63) is 48.6 Å². The molecule has 2 aliphatic rings. The molecular formula is C47H83NO5. The van der Waals surface area contributed by atoms with Gasteiger partial charge in [0.05, 0.1) is 12.5 Å². The lowest BCUT2D eigenvalue weighted by Crippen LogP contribution is -2.39. The summed E-state index contributed by atoms with van der Waals surface area (Å²) in [4.78, 5) is 14.9. The lowest BCUT2D eigenvalue weighted by atomic mass is 10.1. The van der Waals surface area contributed by atoms with Crippen molar-refractivity contribution in [3.8, 4) is 0 Å². The molecule has 53 heavy (non-hydrogen) atoms.